The van der Waals surface area contributed by atoms with Crippen molar-refractivity contribution in [2.75, 3.05) is 32.9 Å². The topological polar surface area (TPSA) is 55.8 Å². The number of nitrogens with zero attached hydrogens (tertiary/aromatic N) is 1. The van der Waals surface area contributed by atoms with Crippen molar-refractivity contribution in [3.63, 3.8) is 0 Å². The Balaban J connectivity index is 2.12. The molecule has 19 heavy (non-hydrogen) atoms. The molecule has 5 nitrogen and oxygen atoms in total. The average Bonchev–Trinajstić information content (AvgIpc) is 2.70. The van der Waals surface area contributed by atoms with Gasteiger partial charge in [0.15, 0.2) is 6.61 Å². The zero-order chi connectivity index (χ0) is 13.9. The molecule has 1 heterocycles. The van der Waals surface area contributed by atoms with E-state index in [1.165, 1.54) is 12.8 Å². The summed E-state index contributed by atoms with van der Waals surface area (Å²) in [7, 11) is 0. The molecule has 0 spiro atoms. The van der Waals surface area contributed by atoms with Crippen LogP contribution in [0.5, 0.6) is 0 Å². The van der Waals surface area contributed by atoms with Crippen LogP contribution in [0.3, 0.4) is 0 Å². The minimum atomic E-state index is -0.317. The first-order chi connectivity index (χ1) is 9.24. The number of carbonyl (C=O) groups is 2. The Bertz CT molecular complexity index is 273. The van der Waals surface area contributed by atoms with Crippen molar-refractivity contribution in [3.8, 4) is 0 Å². The molecule has 110 valence electrons. The Kier molecular flexibility index (Phi) is 8.21. The first-order valence-corrected chi connectivity index (χ1v) is 7.25. The highest BCUT2D eigenvalue weighted by atomic mass is 16.5. The third-order valence-electron chi connectivity index (χ3n) is 3.19. The predicted octanol–water partition coefficient (Wildman–Crippen LogP) is 1.75. The Hall–Kier alpha value is -1.10. The molecule has 0 atom stereocenters. The van der Waals surface area contributed by atoms with Gasteiger partial charge in [-0.2, -0.15) is 0 Å². The summed E-state index contributed by atoms with van der Waals surface area (Å²) in [4.78, 5) is 25.1. The summed E-state index contributed by atoms with van der Waals surface area (Å²) in [6.07, 6.45) is 5.42. The zero-order valence-electron chi connectivity index (χ0n) is 11.9. The summed E-state index contributed by atoms with van der Waals surface area (Å²) in [6.45, 7) is 4.60. The lowest BCUT2D eigenvalue weighted by molar-refractivity contribution is -0.152. The number of ether oxygens (including phenoxy) is 2. The van der Waals surface area contributed by atoms with E-state index in [-0.39, 0.29) is 18.5 Å². The van der Waals surface area contributed by atoms with E-state index in [9.17, 15) is 9.59 Å². The fraction of sp³-hybridized carbons (Fsp3) is 0.857. The van der Waals surface area contributed by atoms with E-state index in [0.29, 0.717) is 26.1 Å². The van der Waals surface area contributed by atoms with E-state index in [4.69, 9.17) is 9.47 Å². The van der Waals surface area contributed by atoms with E-state index in [1.54, 1.807) is 4.90 Å². The van der Waals surface area contributed by atoms with Gasteiger partial charge in [-0.3, -0.25) is 9.59 Å². The third-order valence-corrected chi connectivity index (χ3v) is 3.19. The molecule has 0 radical (unpaired) electrons. The lowest BCUT2D eigenvalue weighted by Gasteiger charge is -2.19. The number of hydrogen-bond donors (Lipinski definition) is 0. The van der Waals surface area contributed by atoms with Crippen LogP contribution in [0.25, 0.3) is 0 Å². The Morgan fingerprint density at radius 1 is 1.11 bits per heavy atom. The normalized spacial score (nSPS) is 15.9. The molecule has 0 aromatic carbocycles. The molecule has 0 aliphatic carbocycles. The molecule has 1 saturated heterocycles. The molecule has 0 N–H and O–H groups in total. The van der Waals surface area contributed by atoms with Crippen LogP contribution in [0, 0.1) is 0 Å². The number of hydrogen-bond acceptors (Lipinski definition) is 4. The number of amides is 1. The average molecular weight is 271 g/mol. The molecule has 1 fully saturated rings. The second-order valence-corrected chi connectivity index (χ2v) is 4.76. The fourth-order valence-electron chi connectivity index (χ4n) is 2.09. The van der Waals surface area contributed by atoms with Crippen LogP contribution in [0.1, 0.15) is 45.4 Å². The second kappa shape index (κ2) is 9.78. The molecule has 0 saturated carbocycles. The summed E-state index contributed by atoms with van der Waals surface area (Å²) in [5.74, 6) is -0.386. The second-order valence-electron chi connectivity index (χ2n) is 4.76. The van der Waals surface area contributed by atoms with Crippen LogP contribution >= 0.6 is 0 Å². The van der Waals surface area contributed by atoms with Gasteiger partial charge in [0, 0.05) is 32.7 Å². The van der Waals surface area contributed by atoms with Crippen LogP contribution in [0.4, 0.5) is 0 Å². The van der Waals surface area contributed by atoms with E-state index >= 15 is 0 Å². The van der Waals surface area contributed by atoms with E-state index < -0.39 is 0 Å². The van der Waals surface area contributed by atoms with Crippen molar-refractivity contribution in [2.24, 2.45) is 0 Å². The van der Waals surface area contributed by atoms with Gasteiger partial charge >= 0.3 is 5.97 Å². The van der Waals surface area contributed by atoms with Gasteiger partial charge in [0.25, 0.3) is 5.91 Å². The largest absolute Gasteiger partial charge is 0.456 e. The first kappa shape index (κ1) is 16.0. The lowest BCUT2D eigenvalue weighted by atomic mass is 10.2. The summed E-state index contributed by atoms with van der Waals surface area (Å²) in [5, 5.41) is 0. The molecular weight excluding hydrogens is 246 g/mol. The number of rotatable bonds is 7. The summed E-state index contributed by atoms with van der Waals surface area (Å²) in [6, 6.07) is 0. The van der Waals surface area contributed by atoms with Crippen LogP contribution in [-0.2, 0) is 19.1 Å². The SMILES string of the molecule is CCOCCCC(=O)OCC(=O)N1CCCCCC1. The molecule has 0 bridgehead atoms. The summed E-state index contributed by atoms with van der Waals surface area (Å²) in [5.41, 5.74) is 0. The Labute approximate surface area is 115 Å². The maximum Gasteiger partial charge on any atom is 0.306 e. The highest BCUT2D eigenvalue weighted by molar-refractivity contribution is 5.80. The van der Waals surface area contributed by atoms with Gasteiger partial charge in [0.1, 0.15) is 0 Å². The lowest BCUT2D eigenvalue weighted by Crippen LogP contribution is -2.35. The molecule has 0 aromatic rings. The first-order valence-electron chi connectivity index (χ1n) is 7.25. The van der Waals surface area contributed by atoms with Gasteiger partial charge in [-0.25, -0.2) is 0 Å². The van der Waals surface area contributed by atoms with E-state index in [1.807, 2.05) is 6.92 Å². The maximum absolute atomic E-state index is 11.9. The molecule has 0 aromatic heterocycles. The smallest absolute Gasteiger partial charge is 0.306 e. The Morgan fingerprint density at radius 2 is 1.79 bits per heavy atom. The van der Waals surface area contributed by atoms with Crippen molar-refractivity contribution in [1.29, 1.82) is 0 Å². The minimum absolute atomic E-state index is 0.0694. The quantitative estimate of drug-likeness (QED) is 0.523. The van der Waals surface area contributed by atoms with Crippen LogP contribution in [0.15, 0.2) is 0 Å². The number of likely N-dealkylation sites (tertiary alicyclic amines) is 1. The van der Waals surface area contributed by atoms with Crippen LogP contribution < -0.4 is 0 Å². The highest BCUT2D eigenvalue weighted by Crippen LogP contribution is 2.09. The number of carbonyl (C=O) groups excluding carboxylic acids is 2. The van der Waals surface area contributed by atoms with Gasteiger partial charge in [-0.1, -0.05) is 12.8 Å². The standard InChI is InChI=1S/C14H25NO4/c1-2-18-11-7-8-14(17)19-12-13(16)15-9-5-3-4-6-10-15/h2-12H2,1H3. The van der Waals surface area contributed by atoms with Gasteiger partial charge in [0.05, 0.1) is 0 Å². The monoisotopic (exact) mass is 271 g/mol. The number of esters is 1. The Morgan fingerprint density at radius 3 is 2.42 bits per heavy atom. The maximum atomic E-state index is 11.9. The van der Waals surface area contributed by atoms with Gasteiger partial charge < -0.3 is 14.4 Å². The van der Waals surface area contributed by atoms with Crippen LogP contribution in [0.2, 0.25) is 0 Å². The molecular formula is C14H25NO4. The van der Waals surface area contributed by atoms with E-state index in [0.717, 1.165) is 25.9 Å². The summed E-state index contributed by atoms with van der Waals surface area (Å²) < 4.78 is 10.1. The van der Waals surface area contributed by atoms with Crippen molar-refractivity contribution in [3.05, 3.63) is 0 Å². The van der Waals surface area contributed by atoms with Gasteiger partial charge in [0.2, 0.25) is 0 Å². The van der Waals surface area contributed by atoms with Crippen molar-refractivity contribution < 1.29 is 19.1 Å². The third kappa shape index (κ3) is 7.15. The van der Waals surface area contributed by atoms with E-state index in [2.05, 4.69) is 0 Å². The fourth-order valence-corrected chi connectivity index (χ4v) is 2.09. The molecule has 0 unspecified atom stereocenters. The highest BCUT2D eigenvalue weighted by Gasteiger charge is 2.16. The summed E-state index contributed by atoms with van der Waals surface area (Å²) >= 11 is 0. The molecule has 5 heteroatoms. The molecule has 1 rings (SSSR count). The molecule has 1 aliphatic rings. The zero-order valence-corrected chi connectivity index (χ0v) is 11.9. The van der Waals surface area contributed by atoms with Gasteiger partial charge in [-0.15, -0.1) is 0 Å². The minimum Gasteiger partial charge on any atom is -0.456 e. The molecule has 1 aliphatic heterocycles. The molecule has 1 amide bonds. The van der Waals surface area contributed by atoms with Crippen molar-refractivity contribution in [2.45, 2.75) is 45.4 Å². The predicted molar refractivity (Wildman–Crippen MR) is 71.7 cm³/mol. The van der Waals surface area contributed by atoms with Crippen molar-refractivity contribution in [1.82, 2.24) is 4.90 Å². The van der Waals surface area contributed by atoms with Gasteiger partial charge in [-0.05, 0) is 26.2 Å². The van der Waals surface area contributed by atoms with Crippen LogP contribution in [-0.4, -0.2) is 49.7 Å². The van der Waals surface area contributed by atoms with Crippen molar-refractivity contribution >= 4 is 11.9 Å².